The molecule has 0 saturated carbocycles. The number of fused-ring (bicyclic) bond motifs is 1. The Hall–Kier alpha value is -1.75. The average Bonchev–Trinajstić information content (AvgIpc) is 2.75. The molecule has 0 saturated heterocycles. The standard InChI is InChI=1S/C11H14N2O3/c1-7(14)2-4-12-11(15)9-6-10-8(13-9)3-5-16-10/h3,5-7,13-14H,2,4H2,1H3,(H,12,15). The van der Waals surface area contributed by atoms with Crippen molar-refractivity contribution in [3.8, 4) is 0 Å². The molecule has 0 fully saturated rings. The van der Waals surface area contributed by atoms with Crippen molar-refractivity contribution in [3.05, 3.63) is 24.1 Å². The third kappa shape index (κ3) is 2.25. The molecule has 86 valence electrons. The van der Waals surface area contributed by atoms with Crippen molar-refractivity contribution in [1.82, 2.24) is 10.3 Å². The van der Waals surface area contributed by atoms with Crippen LogP contribution in [0.3, 0.4) is 0 Å². The SMILES string of the molecule is CC(O)CCNC(=O)c1cc2occc2[nH]1. The van der Waals surface area contributed by atoms with Crippen LogP contribution in [0.15, 0.2) is 22.8 Å². The van der Waals surface area contributed by atoms with E-state index < -0.39 is 6.10 Å². The minimum absolute atomic E-state index is 0.188. The molecule has 0 bridgehead atoms. The topological polar surface area (TPSA) is 78.3 Å². The first kappa shape index (κ1) is 10.8. The molecular formula is C11H14N2O3. The molecule has 16 heavy (non-hydrogen) atoms. The Morgan fingerprint density at radius 2 is 2.50 bits per heavy atom. The maximum absolute atomic E-state index is 11.6. The number of aliphatic hydroxyl groups is 1. The monoisotopic (exact) mass is 222 g/mol. The van der Waals surface area contributed by atoms with Crippen LogP contribution in [-0.2, 0) is 0 Å². The van der Waals surface area contributed by atoms with Gasteiger partial charge in [-0.2, -0.15) is 0 Å². The van der Waals surface area contributed by atoms with Crippen molar-refractivity contribution in [2.75, 3.05) is 6.54 Å². The van der Waals surface area contributed by atoms with E-state index in [9.17, 15) is 4.79 Å². The second-order valence-corrected chi connectivity index (χ2v) is 3.78. The Morgan fingerprint density at radius 3 is 3.19 bits per heavy atom. The van der Waals surface area contributed by atoms with Gasteiger partial charge in [0.2, 0.25) is 0 Å². The third-order valence-electron chi connectivity index (χ3n) is 2.33. The molecule has 0 aliphatic heterocycles. The highest BCUT2D eigenvalue weighted by Gasteiger charge is 2.10. The zero-order chi connectivity index (χ0) is 11.5. The number of carbonyl (C=O) groups excluding carboxylic acids is 1. The summed E-state index contributed by atoms with van der Waals surface area (Å²) in [4.78, 5) is 14.6. The number of H-pyrrole nitrogens is 1. The molecule has 1 unspecified atom stereocenters. The number of hydrogen-bond donors (Lipinski definition) is 3. The van der Waals surface area contributed by atoms with Crippen molar-refractivity contribution < 1.29 is 14.3 Å². The fourth-order valence-electron chi connectivity index (χ4n) is 1.46. The Balaban J connectivity index is 1.97. The second-order valence-electron chi connectivity index (χ2n) is 3.78. The van der Waals surface area contributed by atoms with Gasteiger partial charge in [0.05, 0.1) is 17.9 Å². The molecule has 2 heterocycles. The van der Waals surface area contributed by atoms with Crippen molar-refractivity contribution >= 4 is 17.0 Å². The van der Waals surface area contributed by atoms with Crippen molar-refractivity contribution in [2.45, 2.75) is 19.4 Å². The summed E-state index contributed by atoms with van der Waals surface area (Å²) in [7, 11) is 0. The van der Waals surface area contributed by atoms with E-state index in [0.717, 1.165) is 5.52 Å². The number of aromatic amines is 1. The number of aliphatic hydroxyl groups excluding tert-OH is 1. The molecule has 0 aromatic carbocycles. The maximum atomic E-state index is 11.6. The molecule has 2 aromatic rings. The predicted octanol–water partition coefficient (Wildman–Crippen LogP) is 1.26. The van der Waals surface area contributed by atoms with Crippen LogP contribution in [0.5, 0.6) is 0 Å². The molecule has 2 aromatic heterocycles. The zero-order valence-corrected chi connectivity index (χ0v) is 8.99. The van der Waals surface area contributed by atoms with Gasteiger partial charge in [-0.25, -0.2) is 0 Å². The number of furan rings is 1. The first-order valence-electron chi connectivity index (χ1n) is 5.19. The van der Waals surface area contributed by atoms with Gasteiger partial charge in [-0.05, 0) is 13.3 Å². The lowest BCUT2D eigenvalue weighted by atomic mass is 10.3. The van der Waals surface area contributed by atoms with Crippen LogP contribution in [0.4, 0.5) is 0 Å². The number of nitrogens with one attached hydrogen (secondary N) is 2. The summed E-state index contributed by atoms with van der Waals surface area (Å²) in [6.07, 6.45) is 1.71. The quantitative estimate of drug-likeness (QED) is 0.728. The lowest BCUT2D eigenvalue weighted by Crippen LogP contribution is -2.26. The van der Waals surface area contributed by atoms with E-state index in [2.05, 4.69) is 10.3 Å². The van der Waals surface area contributed by atoms with Gasteiger partial charge < -0.3 is 19.8 Å². The van der Waals surface area contributed by atoms with Gasteiger partial charge >= 0.3 is 0 Å². The van der Waals surface area contributed by atoms with Gasteiger partial charge in [-0.15, -0.1) is 0 Å². The Morgan fingerprint density at radius 1 is 1.69 bits per heavy atom. The molecule has 0 aliphatic rings. The second kappa shape index (κ2) is 4.40. The van der Waals surface area contributed by atoms with E-state index in [-0.39, 0.29) is 5.91 Å². The first-order valence-corrected chi connectivity index (χ1v) is 5.19. The van der Waals surface area contributed by atoms with Crippen molar-refractivity contribution in [2.24, 2.45) is 0 Å². The predicted molar refractivity (Wildman–Crippen MR) is 59.2 cm³/mol. The third-order valence-corrected chi connectivity index (χ3v) is 2.33. The van der Waals surface area contributed by atoms with E-state index in [1.54, 1.807) is 25.3 Å². The summed E-state index contributed by atoms with van der Waals surface area (Å²) >= 11 is 0. The summed E-state index contributed by atoms with van der Waals surface area (Å²) in [5.74, 6) is -0.188. The Bertz CT molecular complexity index is 456. The van der Waals surface area contributed by atoms with Crippen LogP contribution in [-0.4, -0.2) is 28.6 Å². The molecule has 3 N–H and O–H groups in total. The van der Waals surface area contributed by atoms with Gasteiger partial charge in [0.1, 0.15) is 5.69 Å². The van der Waals surface area contributed by atoms with Gasteiger partial charge in [0.25, 0.3) is 5.91 Å². The van der Waals surface area contributed by atoms with Gasteiger partial charge in [0.15, 0.2) is 5.58 Å². The number of carbonyl (C=O) groups is 1. The summed E-state index contributed by atoms with van der Waals surface area (Å²) in [6, 6.07) is 3.43. The zero-order valence-electron chi connectivity index (χ0n) is 8.99. The Labute approximate surface area is 92.4 Å². The van der Waals surface area contributed by atoms with Gasteiger partial charge in [-0.3, -0.25) is 4.79 Å². The minimum atomic E-state index is -0.403. The van der Waals surface area contributed by atoms with Crippen LogP contribution in [0.2, 0.25) is 0 Å². The highest BCUT2D eigenvalue weighted by molar-refractivity contribution is 5.96. The normalized spacial score (nSPS) is 12.9. The highest BCUT2D eigenvalue weighted by Crippen LogP contribution is 2.15. The van der Waals surface area contributed by atoms with E-state index in [1.165, 1.54) is 0 Å². The molecule has 5 heteroatoms. The van der Waals surface area contributed by atoms with Gasteiger partial charge in [-0.1, -0.05) is 0 Å². The molecule has 5 nitrogen and oxygen atoms in total. The van der Waals surface area contributed by atoms with Crippen molar-refractivity contribution in [1.29, 1.82) is 0 Å². The molecule has 0 aliphatic carbocycles. The molecule has 0 spiro atoms. The average molecular weight is 222 g/mol. The lowest BCUT2D eigenvalue weighted by molar-refractivity contribution is 0.0941. The number of rotatable bonds is 4. The molecule has 0 radical (unpaired) electrons. The van der Waals surface area contributed by atoms with Crippen LogP contribution < -0.4 is 5.32 Å². The molecular weight excluding hydrogens is 208 g/mol. The summed E-state index contributed by atoms with van der Waals surface area (Å²) in [5, 5.41) is 11.8. The van der Waals surface area contributed by atoms with Gasteiger partial charge in [0, 0.05) is 18.7 Å². The molecule has 2 rings (SSSR count). The maximum Gasteiger partial charge on any atom is 0.267 e. The van der Waals surface area contributed by atoms with Crippen molar-refractivity contribution in [3.63, 3.8) is 0 Å². The Kier molecular flexibility index (Phi) is 2.96. The van der Waals surface area contributed by atoms with Crippen LogP contribution in [0.1, 0.15) is 23.8 Å². The van der Waals surface area contributed by atoms with Crippen LogP contribution >= 0.6 is 0 Å². The summed E-state index contributed by atoms with van der Waals surface area (Å²) in [6.45, 7) is 2.14. The lowest BCUT2D eigenvalue weighted by Gasteiger charge is -2.05. The van der Waals surface area contributed by atoms with E-state index in [4.69, 9.17) is 9.52 Å². The molecule has 1 atom stereocenters. The van der Waals surface area contributed by atoms with E-state index in [0.29, 0.717) is 24.2 Å². The fourth-order valence-corrected chi connectivity index (χ4v) is 1.46. The largest absolute Gasteiger partial charge is 0.463 e. The van der Waals surface area contributed by atoms with E-state index in [1.807, 2.05) is 0 Å². The first-order chi connectivity index (χ1) is 7.66. The summed E-state index contributed by atoms with van der Waals surface area (Å²) < 4.78 is 5.14. The van der Waals surface area contributed by atoms with E-state index >= 15 is 0 Å². The smallest absolute Gasteiger partial charge is 0.267 e. The highest BCUT2D eigenvalue weighted by atomic mass is 16.3. The number of amides is 1. The molecule has 1 amide bonds. The minimum Gasteiger partial charge on any atom is -0.463 e. The van der Waals surface area contributed by atoms with Crippen LogP contribution in [0, 0.1) is 0 Å². The van der Waals surface area contributed by atoms with Crippen LogP contribution in [0.25, 0.3) is 11.1 Å². The summed E-state index contributed by atoms with van der Waals surface area (Å²) in [5.41, 5.74) is 1.95. The number of aromatic nitrogens is 1. The number of hydrogen-bond acceptors (Lipinski definition) is 3. The fraction of sp³-hybridized carbons (Fsp3) is 0.364.